The Kier molecular flexibility index (Phi) is 5.04. The zero-order chi connectivity index (χ0) is 17.4. The molecular weight excluding hydrogens is 300 g/mol. The zero-order valence-electron chi connectivity index (χ0n) is 17.4. The predicted octanol–water partition coefficient (Wildman–Crippen LogP) is 8.44. The van der Waals surface area contributed by atoms with Gasteiger partial charge in [-0.2, -0.15) is 0 Å². The molecule has 0 aromatic heterocycles. The summed E-state index contributed by atoms with van der Waals surface area (Å²) in [7, 11) is 0. The van der Waals surface area contributed by atoms with Gasteiger partial charge in [0.1, 0.15) is 0 Å². The third-order valence-corrected chi connectivity index (χ3v) is 10.5. The predicted molar refractivity (Wildman–Crippen MR) is 109 cm³/mol. The fourth-order valence-corrected chi connectivity index (χ4v) is 7.69. The maximum atomic E-state index is 2.44. The topological polar surface area (TPSA) is 0 Å². The summed E-state index contributed by atoms with van der Waals surface area (Å²) in [6.07, 6.45) is 29.5. The van der Waals surface area contributed by atoms with Gasteiger partial charge in [0, 0.05) is 0 Å². The van der Waals surface area contributed by atoms with E-state index >= 15 is 0 Å². The normalized spacial score (nSPS) is 32.9. The molecule has 0 saturated heterocycles. The van der Waals surface area contributed by atoms with Gasteiger partial charge in [-0.05, 0) is 112 Å². The maximum Gasteiger partial charge on any atom is -0.0297 e. The highest BCUT2D eigenvalue weighted by Gasteiger charge is 2.49. The minimum absolute atomic E-state index is 0.721. The molecular formula is C25H44. The van der Waals surface area contributed by atoms with Crippen LogP contribution >= 0.6 is 0 Å². The van der Waals surface area contributed by atoms with Gasteiger partial charge in [0.05, 0.1) is 0 Å². The van der Waals surface area contributed by atoms with Gasteiger partial charge in [-0.3, -0.25) is 0 Å². The van der Waals surface area contributed by atoms with Crippen LogP contribution in [0.15, 0.2) is 0 Å². The Morgan fingerprint density at radius 1 is 0.400 bits per heavy atom. The third kappa shape index (κ3) is 3.45. The Balaban J connectivity index is 1.32. The molecule has 4 saturated carbocycles. The fraction of sp³-hybridized carbons (Fsp3) is 1.00. The summed E-state index contributed by atoms with van der Waals surface area (Å²) < 4.78 is 0. The monoisotopic (exact) mass is 344 g/mol. The minimum Gasteiger partial charge on any atom is -0.0649 e. The van der Waals surface area contributed by atoms with E-state index in [-0.39, 0.29) is 0 Å². The molecule has 4 rings (SSSR count). The lowest BCUT2D eigenvalue weighted by Gasteiger charge is -2.55. The Morgan fingerprint density at radius 3 is 1.08 bits per heavy atom. The largest absolute Gasteiger partial charge is 0.0649 e. The molecule has 0 heterocycles. The standard InChI is InChI=1S/C25H44/c1-3-22(4-2)10-12-24(13-11-22)18-20-25(21-19-24)16-14-23(15-17-25)8-6-5-7-9-23/h3-21H2,1-2H3. The molecule has 0 aromatic carbocycles. The minimum atomic E-state index is 0.721. The van der Waals surface area contributed by atoms with Crippen molar-refractivity contribution >= 4 is 0 Å². The Labute approximate surface area is 157 Å². The smallest absolute Gasteiger partial charge is 0.0297 e. The van der Waals surface area contributed by atoms with E-state index in [0.29, 0.717) is 0 Å². The van der Waals surface area contributed by atoms with Crippen molar-refractivity contribution in [1.82, 2.24) is 0 Å². The summed E-state index contributed by atoms with van der Waals surface area (Å²) in [6, 6.07) is 0. The van der Waals surface area contributed by atoms with E-state index in [4.69, 9.17) is 0 Å². The molecule has 144 valence electrons. The van der Waals surface area contributed by atoms with Crippen LogP contribution in [0.3, 0.4) is 0 Å². The quantitative estimate of drug-likeness (QED) is 0.471. The Morgan fingerprint density at radius 2 is 0.720 bits per heavy atom. The van der Waals surface area contributed by atoms with Crippen LogP contribution in [0.2, 0.25) is 0 Å². The summed E-state index contributed by atoms with van der Waals surface area (Å²) in [5.41, 5.74) is 3.10. The summed E-state index contributed by atoms with van der Waals surface area (Å²) in [5.74, 6) is 0. The summed E-state index contributed by atoms with van der Waals surface area (Å²) in [6.45, 7) is 4.89. The number of rotatable bonds is 2. The second-order valence-corrected chi connectivity index (χ2v) is 11.3. The van der Waals surface area contributed by atoms with Crippen molar-refractivity contribution in [3.05, 3.63) is 0 Å². The molecule has 0 aliphatic heterocycles. The third-order valence-electron chi connectivity index (χ3n) is 10.5. The number of hydrogen-bond donors (Lipinski definition) is 0. The molecule has 25 heavy (non-hydrogen) atoms. The highest BCUT2D eigenvalue weighted by molar-refractivity contribution is 5.01. The Hall–Kier alpha value is 0. The van der Waals surface area contributed by atoms with Crippen molar-refractivity contribution in [3.63, 3.8) is 0 Å². The van der Waals surface area contributed by atoms with Gasteiger partial charge in [-0.1, -0.05) is 46.0 Å². The average Bonchev–Trinajstić information content (AvgIpc) is 2.69. The van der Waals surface area contributed by atoms with E-state index in [2.05, 4.69) is 13.8 Å². The van der Waals surface area contributed by atoms with E-state index in [1.165, 1.54) is 44.9 Å². The molecule has 0 atom stereocenters. The van der Waals surface area contributed by atoms with Crippen molar-refractivity contribution in [3.8, 4) is 0 Å². The van der Waals surface area contributed by atoms with Gasteiger partial charge in [-0.15, -0.1) is 0 Å². The summed E-state index contributed by atoms with van der Waals surface area (Å²) in [5, 5.41) is 0. The first-order chi connectivity index (χ1) is 12.1. The number of hydrogen-bond acceptors (Lipinski definition) is 0. The first-order valence-electron chi connectivity index (χ1n) is 12.1. The van der Waals surface area contributed by atoms with Crippen LogP contribution in [0.25, 0.3) is 0 Å². The summed E-state index contributed by atoms with van der Waals surface area (Å²) >= 11 is 0. The molecule has 4 aliphatic carbocycles. The van der Waals surface area contributed by atoms with Gasteiger partial charge >= 0.3 is 0 Å². The molecule has 0 amide bonds. The Bertz CT molecular complexity index is 417. The van der Waals surface area contributed by atoms with Gasteiger partial charge < -0.3 is 0 Å². The average molecular weight is 345 g/mol. The molecule has 0 heteroatoms. The fourth-order valence-electron chi connectivity index (χ4n) is 7.69. The van der Waals surface area contributed by atoms with Gasteiger partial charge in [0.15, 0.2) is 0 Å². The van der Waals surface area contributed by atoms with E-state index < -0.39 is 0 Å². The van der Waals surface area contributed by atoms with Crippen LogP contribution in [-0.4, -0.2) is 0 Å². The highest BCUT2D eigenvalue weighted by Crippen LogP contribution is 2.62. The molecule has 0 unspecified atom stereocenters. The van der Waals surface area contributed by atoms with Crippen LogP contribution in [-0.2, 0) is 0 Å². The summed E-state index contributed by atoms with van der Waals surface area (Å²) in [4.78, 5) is 0. The first-order valence-corrected chi connectivity index (χ1v) is 12.1. The lowest BCUT2D eigenvalue weighted by Crippen LogP contribution is -2.42. The van der Waals surface area contributed by atoms with E-state index in [1.807, 2.05) is 0 Å². The molecule has 4 aliphatic rings. The highest BCUT2D eigenvalue weighted by atomic mass is 14.5. The van der Waals surface area contributed by atoms with Gasteiger partial charge in [-0.25, -0.2) is 0 Å². The van der Waals surface area contributed by atoms with Crippen molar-refractivity contribution in [1.29, 1.82) is 0 Å². The SMILES string of the molecule is CCC1(CC)CCC2(CC1)CCC1(CCC3(CCCCC3)CC1)CC2. The first kappa shape index (κ1) is 18.4. The van der Waals surface area contributed by atoms with Crippen molar-refractivity contribution in [2.45, 2.75) is 136 Å². The van der Waals surface area contributed by atoms with Crippen molar-refractivity contribution < 1.29 is 0 Å². The van der Waals surface area contributed by atoms with Crippen LogP contribution in [0.5, 0.6) is 0 Å². The maximum absolute atomic E-state index is 2.44. The van der Waals surface area contributed by atoms with Crippen molar-refractivity contribution in [2.24, 2.45) is 21.7 Å². The lowest BCUT2D eigenvalue weighted by molar-refractivity contribution is -0.0357. The molecule has 0 radical (unpaired) electrons. The molecule has 4 fully saturated rings. The molecule has 0 N–H and O–H groups in total. The van der Waals surface area contributed by atoms with E-state index in [0.717, 1.165) is 21.7 Å². The zero-order valence-corrected chi connectivity index (χ0v) is 17.4. The van der Waals surface area contributed by atoms with E-state index in [1.54, 1.807) is 77.0 Å². The van der Waals surface area contributed by atoms with Crippen LogP contribution in [0, 0.1) is 21.7 Å². The van der Waals surface area contributed by atoms with Gasteiger partial charge in [0.25, 0.3) is 0 Å². The lowest BCUT2D eigenvalue weighted by atomic mass is 9.50. The van der Waals surface area contributed by atoms with Crippen LogP contribution in [0.4, 0.5) is 0 Å². The van der Waals surface area contributed by atoms with Crippen LogP contribution < -0.4 is 0 Å². The molecule has 0 aromatic rings. The van der Waals surface area contributed by atoms with Crippen LogP contribution in [0.1, 0.15) is 136 Å². The van der Waals surface area contributed by atoms with Gasteiger partial charge in [0.2, 0.25) is 0 Å². The molecule has 0 nitrogen and oxygen atoms in total. The van der Waals surface area contributed by atoms with E-state index in [9.17, 15) is 0 Å². The second-order valence-electron chi connectivity index (χ2n) is 11.3. The molecule has 3 spiro atoms. The molecule has 0 bridgehead atoms. The van der Waals surface area contributed by atoms with Crippen molar-refractivity contribution in [2.75, 3.05) is 0 Å². The second kappa shape index (κ2) is 6.87.